The van der Waals surface area contributed by atoms with Crippen molar-refractivity contribution < 1.29 is 19.2 Å². The zero-order chi connectivity index (χ0) is 22.7. The second-order valence-corrected chi connectivity index (χ2v) is 9.39. The Morgan fingerprint density at radius 3 is 2.56 bits per heavy atom. The van der Waals surface area contributed by atoms with Gasteiger partial charge in [-0.25, -0.2) is 4.98 Å². The van der Waals surface area contributed by atoms with E-state index in [1.54, 1.807) is 30.3 Å². The number of thiazole rings is 1. The summed E-state index contributed by atoms with van der Waals surface area (Å²) in [4.78, 5) is 51.4. The topological polar surface area (TPSA) is 143 Å². The van der Waals surface area contributed by atoms with Gasteiger partial charge in [-0.1, -0.05) is 11.8 Å². The molecule has 164 valence electrons. The molecule has 0 spiro atoms. The molecule has 5 N–H and O–H groups in total. The van der Waals surface area contributed by atoms with Gasteiger partial charge in [-0.2, -0.15) is 0 Å². The molecule has 1 unspecified atom stereocenters. The molecule has 32 heavy (non-hydrogen) atoms. The maximum Gasteiger partial charge on any atom is 0.248 e. The fraction of sp³-hybridized carbons (Fsp3) is 0.190. The van der Waals surface area contributed by atoms with E-state index in [9.17, 15) is 19.2 Å². The summed E-state index contributed by atoms with van der Waals surface area (Å²) in [6.45, 7) is 0.353. The highest BCUT2D eigenvalue weighted by molar-refractivity contribution is 8.01. The van der Waals surface area contributed by atoms with Gasteiger partial charge in [0.15, 0.2) is 4.34 Å². The molecule has 4 rings (SSSR count). The van der Waals surface area contributed by atoms with Crippen molar-refractivity contribution in [1.82, 2.24) is 10.3 Å². The number of carbonyl (C=O) groups is 4. The van der Waals surface area contributed by atoms with E-state index in [1.165, 1.54) is 23.1 Å². The minimum Gasteiger partial charge on any atom is -0.366 e. The maximum absolute atomic E-state index is 12.3. The van der Waals surface area contributed by atoms with Crippen LogP contribution in [-0.4, -0.2) is 40.9 Å². The van der Waals surface area contributed by atoms with Gasteiger partial charge in [0.05, 0.1) is 21.9 Å². The minimum atomic E-state index is -0.525. The molecule has 3 aromatic rings. The monoisotopic (exact) mass is 469 g/mol. The van der Waals surface area contributed by atoms with Gasteiger partial charge < -0.3 is 21.7 Å². The summed E-state index contributed by atoms with van der Waals surface area (Å²) in [6.07, 6.45) is 0.201. The van der Waals surface area contributed by atoms with Crippen LogP contribution in [0, 0.1) is 5.92 Å². The number of rotatable bonds is 7. The number of nitrogens with two attached hydrogens (primary N) is 1. The summed E-state index contributed by atoms with van der Waals surface area (Å²) < 4.78 is 1.61. The Morgan fingerprint density at radius 2 is 1.88 bits per heavy atom. The summed E-state index contributed by atoms with van der Waals surface area (Å²) in [5, 5.41) is 8.26. The van der Waals surface area contributed by atoms with Crippen molar-refractivity contribution in [3.8, 4) is 0 Å². The number of nitrogens with zero attached hydrogens (tertiary/aromatic N) is 1. The highest BCUT2D eigenvalue weighted by Gasteiger charge is 2.27. The fourth-order valence-corrected chi connectivity index (χ4v) is 5.03. The third-order valence-corrected chi connectivity index (χ3v) is 6.93. The van der Waals surface area contributed by atoms with E-state index in [4.69, 9.17) is 5.73 Å². The number of nitrogens with one attached hydrogen (secondary N) is 3. The minimum absolute atomic E-state index is 0.114. The van der Waals surface area contributed by atoms with Gasteiger partial charge in [0.25, 0.3) is 0 Å². The quantitative estimate of drug-likeness (QED) is 0.391. The van der Waals surface area contributed by atoms with Crippen LogP contribution in [0.15, 0.2) is 46.8 Å². The van der Waals surface area contributed by atoms with Gasteiger partial charge in [-0.05, 0) is 42.5 Å². The molecule has 1 fully saturated rings. The molecule has 0 aliphatic carbocycles. The Kier molecular flexibility index (Phi) is 6.37. The van der Waals surface area contributed by atoms with Crippen molar-refractivity contribution in [3.63, 3.8) is 0 Å². The molecule has 0 radical (unpaired) electrons. The van der Waals surface area contributed by atoms with Gasteiger partial charge in [-0.3, -0.25) is 19.2 Å². The maximum atomic E-state index is 12.3. The zero-order valence-electron chi connectivity index (χ0n) is 16.7. The van der Waals surface area contributed by atoms with E-state index in [2.05, 4.69) is 20.9 Å². The molecule has 2 heterocycles. The lowest BCUT2D eigenvalue weighted by atomic mass is 10.1. The number of aromatic nitrogens is 1. The number of carbonyl (C=O) groups excluding carboxylic acids is 4. The molecule has 2 aromatic carbocycles. The Bertz CT molecular complexity index is 1210. The van der Waals surface area contributed by atoms with E-state index in [0.717, 1.165) is 14.6 Å². The van der Waals surface area contributed by atoms with Crippen LogP contribution in [0.1, 0.15) is 16.8 Å². The third-order valence-electron chi connectivity index (χ3n) is 4.76. The van der Waals surface area contributed by atoms with Crippen molar-refractivity contribution in [3.05, 3.63) is 48.0 Å². The lowest BCUT2D eigenvalue weighted by Gasteiger charge is -2.08. The fourth-order valence-electron chi connectivity index (χ4n) is 3.12. The van der Waals surface area contributed by atoms with Crippen LogP contribution < -0.4 is 21.7 Å². The molecule has 1 aliphatic heterocycles. The van der Waals surface area contributed by atoms with Crippen LogP contribution in [0.3, 0.4) is 0 Å². The van der Waals surface area contributed by atoms with Crippen molar-refractivity contribution in [2.75, 3.05) is 22.9 Å². The molecule has 1 aromatic heterocycles. The molecule has 1 atom stereocenters. The van der Waals surface area contributed by atoms with Gasteiger partial charge >= 0.3 is 0 Å². The summed E-state index contributed by atoms with van der Waals surface area (Å²) in [7, 11) is 0. The van der Waals surface area contributed by atoms with E-state index in [0.29, 0.717) is 23.5 Å². The summed E-state index contributed by atoms with van der Waals surface area (Å²) in [6, 6.07) is 11.7. The SMILES string of the molecule is NC(=O)c1ccc(NC(=O)CSc2nc3ccc(NC(=O)C4CNC(=O)C4)cc3s2)cc1. The van der Waals surface area contributed by atoms with Crippen molar-refractivity contribution in [1.29, 1.82) is 0 Å². The van der Waals surface area contributed by atoms with Gasteiger partial charge in [0.1, 0.15) is 0 Å². The Morgan fingerprint density at radius 1 is 1.12 bits per heavy atom. The van der Waals surface area contributed by atoms with Crippen LogP contribution in [0.5, 0.6) is 0 Å². The first-order valence-electron chi connectivity index (χ1n) is 9.68. The molecule has 1 saturated heterocycles. The molecule has 0 saturated carbocycles. The first kappa shape index (κ1) is 21.8. The van der Waals surface area contributed by atoms with E-state index in [-0.39, 0.29) is 35.8 Å². The number of amides is 4. The van der Waals surface area contributed by atoms with Gasteiger partial charge in [0.2, 0.25) is 23.6 Å². The largest absolute Gasteiger partial charge is 0.366 e. The number of hydrogen-bond donors (Lipinski definition) is 4. The molecule has 11 heteroatoms. The van der Waals surface area contributed by atoms with Gasteiger partial charge in [-0.15, -0.1) is 11.3 Å². The molecule has 4 amide bonds. The lowest BCUT2D eigenvalue weighted by Crippen LogP contribution is -2.24. The number of hydrogen-bond acceptors (Lipinski definition) is 7. The predicted octanol–water partition coefficient (Wildman–Crippen LogP) is 2.20. The summed E-state index contributed by atoms with van der Waals surface area (Å²) in [5.74, 6) is -1.23. The van der Waals surface area contributed by atoms with E-state index in [1.807, 2.05) is 12.1 Å². The number of benzene rings is 2. The first-order valence-corrected chi connectivity index (χ1v) is 11.5. The third kappa shape index (κ3) is 5.24. The van der Waals surface area contributed by atoms with Crippen molar-refractivity contribution >= 4 is 68.3 Å². The average molecular weight is 470 g/mol. The van der Waals surface area contributed by atoms with E-state index < -0.39 is 5.91 Å². The summed E-state index contributed by atoms with van der Waals surface area (Å²) >= 11 is 2.74. The van der Waals surface area contributed by atoms with Crippen molar-refractivity contribution in [2.45, 2.75) is 10.8 Å². The molecular formula is C21H19N5O4S2. The normalized spacial score (nSPS) is 15.4. The zero-order valence-corrected chi connectivity index (χ0v) is 18.3. The van der Waals surface area contributed by atoms with Gasteiger partial charge in [0, 0.05) is 29.9 Å². The standard InChI is InChI=1S/C21H19N5O4S2/c22-19(29)11-1-3-13(4-2-11)24-18(28)10-31-21-26-15-6-5-14(8-16(15)32-21)25-20(30)12-7-17(27)23-9-12/h1-6,8,12H,7,9-10H2,(H2,22,29)(H,23,27)(H,24,28)(H,25,30). The molecule has 1 aliphatic rings. The molecule has 0 bridgehead atoms. The second kappa shape index (κ2) is 9.37. The van der Waals surface area contributed by atoms with Crippen LogP contribution in [0.25, 0.3) is 10.2 Å². The highest BCUT2D eigenvalue weighted by Crippen LogP contribution is 2.31. The van der Waals surface area contributed by atoms with Crippen LogP contribution in [-0.2, 0) is 14.4 Å². The number of thioether (sulfide) groups is 1. The smallest absolute Gasteiger partial charge is 0.248 e. The van der Waals surface area contributed by atoms with E-state index >= 15 is 0 Å². The number of primary amides is 1. The second-order valence-electron chi connectivity index (χ2n) is 7.14. The van der Waals surface area contributed by atoms with Crippen LogP contribution >= 0.6 is 23.1 Å². The lowest BCUT2D eigenvalue weighted by molar-refractivity contribution is -0.123. The van der Waals surface area contributed by atoms with Crippen LogP contribution in [0.4, 0.5) is 11.4 Å². The predicted molar refractivity (Wildman–Crippen MR) is 124 cm³/mol. The first-order chi connectivity index (χ1) is 15.4. The Balaban J connectivity index is 1.33. The highest BCUT2D eigenvalue weighted by atomic mass is 32.2. The van der Waals surface area contributed by atoms with Crippen LogP contribution in [0.2, 0.25) is 0 Å². The number of fused-ring (bicyclic) bond motifs is 1. The average Bonchev–Trinajstić information content (AvgIpc) is 3.38. The Hall–Kier alpha value is -3.44. The number of anilines is 2. The Labute approximate surface area is 191 Å². The van der Waals surface area contributed by atoms with Crippen molar-refractivity contribution in [2.24, 2.45) is 11.7 Å². The molecular weight excluding hydrogens is 450 g/mol. The molecule has 9 nitrogen and oxygen atoms in total. The summed E-state index contributed by atoms with van der Waals surface area (Å²) in [5.41, 5.74) is 7.56.